The van der Waals surface area contributed by atoms with Gasteiger partial charge in [0, 0.05) is 30.4 Å². The first-order valence-electron chi connectivity index (χ1n) is 8.84. The van der Waals surface area contributed by atoms with Gasteiger partial charge in [-0.25, -0.2) is 4.98 Å². The molecule has 0 aromatic carbocycles. The van der Waals surface area contributed by atoms with E-state index in [0.29, 0.717) is 23.4 Å². The molecule has 0 radical (unpaired) electrons. The van der Waals surface area contributed by atoms with Crippen molar-refractivity contribution in [3.8, 4) is 0 Å². The zero-order valence-corrected chi connectivity index (χ0v) is 14.5. The standard InChI is InChI=1S/C17H22N8/c1-3-12(4-2)20-14-9-13(21-15-10-18-7-8-19-15)17-23-22-16(11-5-6-11)25(17)24-14/h7-12H,3-6H2,1-2H3,(H,19,21)(H,20,24). The molecule has 8 heteroatoms. The van der Waals surface area contributed by atoms with Crippen molar-refractivity contribution in [1.29, 1.82) is 0 Å². The number of fused-ring (bicyclic) bond motifs is 1. The number of nitrogens with one attached hydrogen (secondary N) is 2. The molecule has 1 aliphatic rings. The Morgan fingerprint density at radius 2 is 2.00 bits per heavy atom. The fourth-order valence-corrected chi connectivity index (χ4v) is 2.86. The topological polar surface area (TPSA) is 92.9 Å². The highest BCUT2D eigenvalue weighted by Gasteiger charge is 2.30. The fourth-order valence-electron chi connectivity index (χ4n) is 2.86. The van der Waals surface area contributed by atoms with Gasteiger partial charge in [-0.2, -0.15) is 4.52 Å². The van der Waals surface area contributed by atoms with Crippen molar-refractivity contribution in [1.82, 2.24) is 29.8 Å². The molecule has 0 aliphatic heterocycles. The summed E-state index contributed by atoms with van der Waals surface area (Å²) in [7, 11) is 0. The van der Waals surface area contributed by atoms with E-state index in [2.05, 4.69) is 44.6 Å². The number of rotatable bonds is 7. The van der Waals surface area contributed by atoms with Crippen LogP contribution in [0.1, 0.15) is 51.3 Å². The summed E-state index contributed by atoms with van der Waals surface area (Å²) in [5, 5.41) is 20.3. The molecule has 0 atom stereocenters. The first-order valence-corrected chi connectivity index (χ1v) is 8.84. The first-order chi connectivity index (χ1) is 12.3. The van der Waals surface area contributed by atoms with Crippen LogP contribution in [0.15, 0.2) is 24.7 Å². The Morgan fingerprint density at radius 3 is 2.68 bits per heavy atom. The molecule has 130 valence electrons. The second kappa shape index (κ2) is 6.62. The molecule has 1 saturated carbocycles. The Morgan fingerprint density at radius 1 is 1.16 bits per heavy atom. The Labute approximate surface area is 146 Å². The van der Waals surface area contributed by atoms with E-state index in [0.717, 1.165) is 43.0 Å². The summed E-state index contributed by atoms with van der Waals surface area (Å²) in [6.07, 6.45) is 9.38. The molecule has 0 amide bonds. The maximum absolute atomic E-state index is 4.74. The van der Waals surface area contributed by atoms with Gasteiger partial charge in [0.05, 0.1) is 11.9 Å². The summed E-state index contributed by atoms with van der Waals surface area (Å²) >= 11 is 0. The van der Waals surface area contributed by atoms with Gasteiger partial charge in [-0.1, -0.05) is 13.8 Å². The van der Waals surface area contributed by atoms with Gasteiger partial charge in [0.2, 0.25) is 5.65 Å². The second-order valence-corrected chi connectivity index (χ2v) is 6.38. The summed E-state index contributed by atoms with van der Waals surface area (Å²) in [5.41, 5.74) is 1.53. The molecule has 0 bridgehead atoms. The van der Waals surface area contributed by atoms with Crippen LogP contribution in [0.5, 0.6) is 0 Å². The fraction of sp³-hybridized carbons (Fsp3) is 0.471. The van der Waals surface area contributed by atoms with Gasteiger partial charge in [-0.05, 0) is 25.7 Å². The molecular formula is C17H22N8. The third-order valence-electron chi connectivity index (χ3n) is 4.50. The van der Waals surface area contributed by atoms with Crippen LogP contribution in [0.3, 0.4) is 0 Å². The normalized spacial score (nSPS) is 14.2. The summed E-state index contributed by atoms with van der Waals surface area (Å²) in [6.45, 7) is 4.35. The molecule has 3 heterocycles. The van der Waals surface area contributed by atoms with Crippen molar-refractivity contribution in [2.75, 3.05) is 10.6 Å². The molecule has 0 spiro atoms. The van der Waals surface area contributed by atoms with Gasteiger partial charge in [0.15, 0.2) is 5.82 Å². The third-order valence-corrected chi connectivity index (χ3v) is 4.50. The van der Waals surface area contributed by atoms with E-state index in [1.165, 1.54) is 0 Å². The molecule has 1 fully saturated rings. The summed E-state index contributed by atoms with van der Waals surface area (Å²) in [6, 6.07) is 2.35. The molecule has 4 rings (SSSR count). The van der Waals surface area contributed by atoms with Crippen LogP contribution in [0, 0.1) is 0 Å². The van der Waals surface area contributed by atoms with Crippen molar-refractivity contribution in [2.45, 2.75) is 51.5 Å². The van der Waals surface area contributed by atoms with E-state index in [4.69, 9.17) is 5.10 Å². The molecule has 25 heavy (non-hydrogen) atoms. The average molecular weight is 338 g/mol. The lowest BCUT2D eigenvalue weighted by Gasteiger charge is -2.16. The molecule has 0 saturated heterocycles. The van der Waals surface area contributed by atoms with Crippen LogP contribution in [0.25, 0.3) is 5.65 Å². The lowest BCUT2D eigenvalue weighted by atomic mass is 10.2. The molecule has 0 unspecified atom stereocenters. The maximum atomic E-state index is 4.74. The number of nitrogens with zero attached hydrogens (tertiary/aromatic N) is 6. The second-order valence-electron chi connectivity index (χ2n) is 6.38. The highest BCUT2D eigenvalue weighted by atomic mass is 15.4. The van der Waals surface area contributed by atoms with E-state index in [1.807, 2.05) is 10.6 Å². The van der Waals surface area contributed by atoms with E-state index in [-0.39, 0.29) is 0 Å². The van der Waals surface area contributed by atoms with Crippen molar-refractivity contribution in [3.05, 3.63) is 30.5 Å². The SMILES string of the molecule is CCC(CC)Nc1cc(Nc2cnccn2)c2nnc(C3CC3)n2n1. The van der Waals surface area contributed by atoms with Crippen molar-refractivity contribution in [2.24, 2.45) is 0 Å². The quantitative estimate of drug-likeness (QED) is 0.683. The lowest BCUT2D eigenvalue weighted by Crippen LogP contribution is -2.19. The van der Waals surface area contributed by atoms with Crippen LogP contribution < -0.4 is 10.6 Å². The Bertz CT molecular complexity index is 852. The van der Waals surface area contributed by atoms with Gasteiger partial charge >= 0.3 is 0 Å². The summed E-state index contributed by atoms with van der Waals surface area (Å²) < 4.78 is 1.86. The van der Waals surface area contributed by atoms with E-state index in [1.54, 1.807) is 18.6 Å². The Kier molecular flexibility index (Phi) is 4.17. The Balaban J connectivity index is 1.76. The molecule has 2 N–H and O–H groups in total. The van der Waals surface area contributed by atoms with Crippen LogP contribution in [0.4, 0.5) is 17.3 Å². The summed E-state index contributed by atoms with van der Waals surface area (Å²) in [5.74, 6) is 2.88. The molecule has 3 aromatic rings. The highest BCUT2D eigenvalue weighted by Crippen LogP contribution is 2.39. The predicted octanol–water partition coefficient (Wildman–Crippen LogP) is 3.14. The van der Waals surface area contributed by atoms with Crippen LogP contribution in [-0.2, 0) is 0 Å². The zero-order chi connectivity index (χ0) is 17.2. The van der Waals surface area contributed by atoms with Gasteiger partial charge in [-0.15, -0.1) is 15.3 Å². The van der Waals surface area contributed by atoms with Gasteiger partial charge in [0.25, 0.3) is 0 Å². The van der Waals surface area contributed by atoms with Gasteiger partial charge in [-0.3, -0.25) is 4.98 Å². The minimum absolute atomic E-state index is 0.384. The van der Waals surface area contributed by atoms with Crippen molar-refractivity contribution >= 4 is 23.0 Å². The van der Waals surface area contributed by atoms with Crippen molar-refractivity contribution < 1.29 is 0 Å². The minimum Gasteiger partial charge on any atom is -0.366 e. The van der Waals surface area contributed by atoms with Crippen molar-refractivity contribution in [3.63, 3.8) is 0 Å². The van der Waals surface area contributed by atoms with Gasteiger partial charge in [0.1, 0.15) is 11.6 Å². The van der Waals surface area contributed by atoms with Gasteiger partial charge < -0.3 is 10.6 Å². The minimum atomic E-state index is 0.384. The molecule has 3 aromatic heterocycles. The molecule has 1 aliphatic carbocycles. The number of anilines is 3. The van der Waals surface area contributed by atoms with Crippen LogP contribution >= 0.6 is 0 Å². The van der Waals surface area contributed by atoms with Crippen LogP contribution in [0.2, 0.25) is 0 Å². The molecular weight excluding hydrogens is 316 g/mol. The number of hydrogen-bond donors (Lipinski definition) is 2. The maximum Gasteiger partial charge on any atom is 0.201 e. The first kappa shape index (κ1) is 15.7. The van der Waals surface area contributed by atoms with E-state index in [9.17, 15) is 0 Å². The predicted molar refractivity (Wildman–Crippen MR) is 96.1 cm³/mol. The Hall–Kier alpha value is -2.77. The molecule has 8 nitrogen and oxygen atoms in total. The van der Waals surface area contributed by atoms with Crippen LogP contribution in [-0.4, -0.2) is 35.8 Å². The largest absolute Gasteiger partial charge is 0.366 e. The van der Waals surface area contributed by atoms with E-state index >= 15 is 0 Å². The smallest absolute Gasteiger partial charge is 0.201 e. The third kappa shape index (κ3) is 3.24. The number of aromatic nitrogens is 6. The zero-order valence-electron chi connectivity index (χ0n) is 14.5. The summed E-state index contributed by atoms with van der Waals surface area (Å²) in [4.78, 5) is 8.39. The van der Waals surface area contributed by atoms with E-state index < -0.39 is 0 Å². The average Bonchev–Trinajstić information content (AvgIpc) is 3.40. The lowest BCUT2D eigenvalue weighted by molar-refractivity contribution is 0.664. The highest BCUT2D eigenvalue weighted by molar-refractivity contribution is 5.74. The number of hydrogen-bond acceptors (Lipinski definition) is 7. The monoisotopic (exact) mass is 338 g/mol.